The predicted molar refractivity (Wildman–Crippen MR) is 66.3 cm³/mol. The fraction of sp³-hybridized carbons (Fsp3) is 0.385. The van der Waals surface area contributed by atoms with Crippen molar-refractivity contribution < 1.29 is 5.11 Å². The molecule has 3 nitrogen and oxygen atoms in total. The molecule has 86 valence electrons. The Hall–Kier alpha value is -1.32. The molecule has 1 unspecified atom stereocenters. The molecule has 1 atom stereocenters. The van der Waals surface area contributed by atoms with Crippen molar-refractivity contribution in [3.8, 4) is 0 Å². The standard InChI is InChI=1S/C13H18N2O/c1-2-7-14-13(16)8-10-9-15-12-6-4-3-5-11(10)12/h3-6,9,13-16H,2,7-8H2,1H3. The molecule has 0 saturated carbocycles. The summed E-state index contributed by atoms with van der Waals surface area (Å²) in [6.07, 6.45) is 3.19. The molecular formula is C13H18N2O. The van der Waals surface area contributed by atoms with Crippen LogP contribution in [0.5, 0.6) is 0 Å². The molecule has 0 fully saturated rings. The number of aliphatic hydroxyl groups is 1. The maximum atomic E-state index is 9.79. The number of hydrogen-bond donors (Lipinski definition) is 3. The summed E-state index contributed by atoms with van der Waals surface area (Å²) in [6, 6.07) is 8.15. The molecule has 1 aromatic heterocycles. The van der Waals surface area contributed by atoms with Gasteiger partial charge in [-0.3, -0.25) is 5.32 Å². The summed E-state index contributed by atoms with van der Waals surface area (Å²) in [6.45, 7) is 2.94. The van der Waals surface area contributed by atoms with Crippen LogP contribution in [-0.4, -0.2) is 22.9 Å². The van der Waals surface area contributed by atoms with E-state index in [1.165, 1.54) is 5.39 Å². The van der Waals surface area contributed by atoms with Gasteiger partial charge in [0.25, 0.3) is 0 Å². The Labute approximate surface area is 95.5 Å². The number of aliphatic hydroxyl groups excluding tert-OH is 1. The molecule has 2 aromatic rings. The molecule has 0 aliphatic heterocycles. The number of fused-ring (bicyclic) bond motifs is 1. The van der Waals surface area contributed by atoms with Crippen LogP contribution in [0.15, 0.2) is 30.5 Å². The van der Waals surface area contributed by atoms with Crippen LogP contribution >= 0.6 is 0 Å². The van der Waals surface area contributed by atoms with Gasteiger partial charge in [0.15, 0.2) is 0 Å². The lowest BCUT2D eigenvalue weighted by atomic mass is 10.1. The highest BCUT2D eigenvalue weighted by Crippen LogP contribution is 2.18. The predicted octanol–water partition coefficient (Wildman–Crippen LogP) is 2.03. The molecule has 2 rings (SSSR count). The van der Waals surface area contributed by atoms with Gasteiger partial charge in [-0.25, -0.2) is 0 Å². The Morgan fingerprint density at radius 1 is 1.38 bits per heavy atom. The first-order valence-electron chi connectivity index (χ1n) is 5.77. The minimum absolute atomic E-state index is 0.459. The Bertz CT molecular complexity index is 450. The molecule has 0 saturated heterocycles. The molecule has 0 bridgehead atoms. The summed E-state index contributed by atoms with van der Waals surface area (Å²) in [7, 11) is 0. The number of nitrogens with one attached hydrogen (secondary N) is 2. The van der Waals surface area contributed by atoms with Gasteiger partial charge >= 0.3 is 0 Å². The first-order valence-corrected chi connectivity index (χ1v) is 5.77. The van der Waals surface area contributed by atoms with E-state index in [-0.39, 0.29) is 0 Å². The average molecular weight is 218 g/mol. The number of aromatic amines is 1. The number of aromatic nitrogens is 1. The van der Waals surface area contributed by atoms with Crippen molar-refractivity contribution in [2.45, 2.75) is 26.0 Å². The summed E-state index contributed by atoms with van der Waals surface area (Å²) < 4.78 is 0. The van der Waals surface area contributed by atoms with Crippen molar-refractivity contribution >= 4 is 10.9 Å². The van der Waals surface area contributed by atoms with E-state index in [0.717, 1.165) is 24.0 Å². The zero-order chi connectivity index (χ0) is 11.4. The van der Waals surface area contributed by atoms with Crippen molar-refractivity contribution in [1.29, 1.82) is 0 Å². The fourth-order valence-electron chi connectivity index (χ4n) is 1.89. The lowest BCUT2D eigenvalue weighted by Crippen LogP contribution is -2.31. The Morgan fingerprint density at radius 2 is 2.19 bits per heavy atom. The van der Waals surface area contributed by atoms with Crippen LogP contribution in [0, 0.1) is 0 Å². The number of hydrogen-bond acceptors (Lipinski definition) is 2. The number of benzene rings is 1. The quantitative estimate of drug-likeness (QED) is 0.672. The van der Waals surface area contributed by atoms with E-state index in [9.17, 15) is 5.11 Å². The molecule has 3 N–H and O–H groups in total. The van der Waals surface area contributed by atoms with Gasteiger partial charge in [-0.2, -0.15) is 0 Å². The third-order valence-electron chi connectivity index (χ3n) is 2.72. The Balaban J connectivity index is 2.09. The van der Waals surface area contributed by atoms with E-state index in [1.54, 1.807) is 0 Å². The van der Waals surface area contributed by atoms with Gasteiger partial charge in [0.2, 0.25) is 0 Å². The summed E-state index contributed by atoms with van der Waals surface area (Å²) in [5.41, 5.74) is 2.28. The molecule has 0 radical (unpaired) electrons. The van der Waals surface area contributed by atoms with Gasteiger partial charge < -0.3 is 10.1 Å². The zero-order valence-electron chi connectivity index (χ0n) is 9.53. The zero-order valence-corrected chi connectivity index (χ0v) is 9.53. The largest absolute Gasteiger partial charge is 0.378 e. The van der Waals surface area contributed by atoms with Crippen molar-refractivity contribution in [1.82, 2.24) is 10.3 Å². The maximum Gasteiger partial charge on any atom is 0.109 e. The SMILES string of the molecule is CCCNC(O)Cc1c[nH]c2ccccc12. The maximum absolute atomic E-state index is 9.79. The normalized spacial score (nSPS) is 13.1. The van der Waals surface area contributed by atoms with Crippen LogP contribution in [0.3, 0.4) is 0 Å². The number of para-hydroxylation sites is 1. The molecular weight excluding hydrogens is 200 g/mol. The van der Waals surface area contributed by atoms with Gasteiger partial charge in [-0.05, 0) is 24.6 Å². The fourth-order valence-corrected chi connectivity index (χ4v) is 1.89. The van der Waals surface area contributed by atoms with Crippen molar-refractivity contribution in [3.63, 3.8) is 0 Å². The van der Waals surface area contributed by atoms with E-state index >= 15 is 0 Å². The monoisotopic (exact) mass is 218 g/mol. The smallest absolute Gasteiger partial charge is 0.109 e. The summed E-state index contributed by atoms with van der Waals surface area (Å²) in [4.78, 5) is 3.21. The lowest BCUT2D eigenvalue weighted by Gasteiger charge is -2.11. The molecule has 0 spiro atoms. The van der Waals surface area contributed by atoms with Gasteiger partial charge in [-0.1, -0.05) is 25.1 Å². The molecule has 16 heavy (non-hydrogen) atoms. The molecule has 3 heteroatoms. The van der Waals surface area contributed by atoms with E-state index < -0.39 is 6.23 Å². The van der Waals surface area contributed by atoms with Crippen LogP contribution < -0.4 is 5.32 Å². The van der Waals surface area contributed by atoms with Crippen LogP contribution in [0.1, 0.15) is 18.9 Å². The van der Waals surface area contributed by atoms with E-state index in [4.69, 9.17) is 0 Å². The minimum Gasteiger partial charge on any atom is -0.378 e. The van der Waals surface area contributed by atoms with E-state index in [0.29, 0.717) is 6.42 Å². The van der Waals surface area contributed by atoms with Crippen molar-refractivity contribution in [2.75, 3.05) is 6.54 Å². The third-order valence-corrected chi connectivity index (χ3v) is 2.72. The van der Waals surface area contributed by atoms with Gasteiger partial charge in [-0.15, -0.1) is 0 Å². The second-order valence-electron chi connectivity index (χ2n) is 4.03. The van der Waals surface area contributed by atoms with Crippen LogP contribution in [0.4, 0.5) is 0 Å². The van der Waals surface area contributed by atoms with Gasteiger partial charge in [0.05, 0.1) is 0 Å². The van der Waals surface area contributed by atoms with Crippen LogP contribution in [0.25, 0.3) is 10.9 Å². The lowest BCUT2D eigenvalue weighted by molar-refractivity contribution is 0.138. The van der Waals surface area contributed by atoms with Crippen LogP contribution in [-0.2, 0) is 6.42 Å². The second kappa shape index (κ2) is 5.14. The van der Waals surface area contributed by atoms with Gasteiger partial charge in [0.1, 0.15) is 6.23 Å². The molecule has 0 aliphatic carbocycles. The second-order valence-corrected chi connectivity index (χ2v) is 4.03. The number of rotatable bonds is 5. The third kappa shape index (κ3) is 2.43. The molecule has 1 aromatic carbocycles. The number of H-pyrrole nitrogens is 1. The minimum atomic E-state index is -0.459. The topological polar surface area (TPSA) is 48.0 Å². The average Bonchev–Trinajstić information content (AvgIpc) is 2.70. The summed E-state index contributed by atoms with van der Waals surface area (Å²) in [5.74, 6) is 0. The van der Waals surface area contributed by atoms with E-state index in [1.807, 2.05) is 24.4 Å². The van der Waals surface area contributed by atoms with Gasteiger partial charge in [0, 0.05) is 23.5 Å². The Kier molecular flexibility index (Phi) is 3.59. The van der Waals surface area contributed by atoms with Crippen molar-refractivity contribution in [3.05, 3.63) is 36.0 Å². The Morgan fingerprint density at radius 3 is 3.00 bits per heavy atom. The highest BCUT2D eigenvalue weighted by molar-refractivity contribution is 5.83. The molecule has 0 aliphatic rings. The summed E-state index contributed by atoms with van der Waals surface area (Å²) in [5, 5.41) is 14.1. The highest BCUT2D eigenvalue weighted by Gasteiger charge is 2.08. The van der Waals surface area contributed by atoms with E-state index in [2.05, 4.69) is 23.3 Å². The van der Waals surface area contributed by atoms with Crippen LogP contribution in [0.2, 0.25) is 0 Å². The highest BCUT2D eigenvalue weighted by atomic mass is 16.3. The first kappa shape index (κ1) is 11.2. The molecule has 1 heterocycles. The van der Waals surface area contributed by atoms with Crippen molar-refractivity contribution in [2.24, 2.45) is 0 Å². The first-order chi connectivity index (χ1) is 7.81. The molecule has 0 amide bonds. The summed E-state index contributed by atoms with van der Waals surface area (Å²) >= 11 is 0.